The second kappa shape index (κ2) is 4.37. The van der Waals surface area contributed by atoms with Crippen LogP contribution in [0, 0.1) is 0 Å². The Kier molecular flexibility index (Phi) is 2.92. The van der Waals surface area contributed by atoms with Gasteiger partial charge in [0, 0.05) is 16.6 Å². The maximum Gasteiger partial charge on any atom is 0.133 e. The normalized spacial score (nSPS) is 10.2. The summed E-state index contributed by atoms with van der Waals surface area (Å²) < 4.78 is 0. The number of nitrogen functional groups attached to an aromatic ring is 1. The van der Waals surface area contributed by atoms with E-state index >= 15 is 0 Å². The molecule has 82 valence electrons. The van der Waals surface area contributed by atoms with Gasteiger partial charge in [0.15, 0.2) is 0 Å². The highest BCUT2D eigenvalue weighted by Crippen LogP contribution is 2.38. The summed E-state index contributed by atoms with van der Waals surface area (Å²) >= 11 is 1.36. The molecule has 0 saturated heterocycles. The smallest absolute Gasteiger partial charge is 0.133 e. The molecule has 3 nitrogen and oxygen atoms in total. The predicted molar refractivity (Wildman–Crippen MR) is 64.7 cm³/mol. The Morgan fingerprint density at radius 3 is 2.38 bits per heavy atom. The van der Waals surface area contributed by atoms with Crippen LogP contribution in [0.3, 0.4) is 0 Å². The molecule has 0 heterocycles. The SMILES string of the molecule is Nc1ccccc1Sc1ccc(O)cc1O. The zero-order chi connectivity index (χ0) is 11.5. The molecule has 0 radical (unpaired) electrons. The first-order valence-electron chi connectivity index (χ1n) is 4.71. The van der Waals surface area contributed by atoms with Gasteiger partial charge in [-0.1, -0.05) is 23.9 Å². The minimum atomic E-state index is 0.0443. The van der Waals surface area contributed by atoms with Gasteiger partial charge in [-0.25, -0.2) is 0 Å². The number of hydrogen-bond acceptors (Lipinski definition) is 4. The van der Waals surface area contributed by atoms with Crippen LogP contribution in [0.15, 0.2) is 52.3 Å². The first-order chi connectivity index (χ1) is 7.66. The fraction of sp³-hybridized carbons (Fsp3) is 0. The van der Waals surface area contributed by atoms with Crippen LogP contribution in [0.25, 0.3) is 0 Å². The summed E-state index contributed by atoms with van der Waals surface area (Å²) in [5, 5.41) is 18.8. The summed E-state index contributed by atoms with van der Waals surface area (Å²) in [7, 11) is 0. The number of hydrogen-bond donors (Lipinski definition) is 3. The Bertz CT molecular complexity index is 514. The Hall–Kier alpha value is -1.81. The zero-order valence-electron chi connectivity index (χ0n) is 8.42. The number of para-hydroxylation sites is 1. The van der Waals surface area contributed by atoms with E-state index < -0.39 is 0 Å². The van der Waals surface area contributed by atoms with Crippen molar-refractivity contribution in [3.63, 3.8) is 0 Å². The van der Waals surface area contributed by atoms with Gasteiger partial charge in [-0.2, -0.15) is 0 Å². The standard InChI is InChI=1S/C12H11NO2S/c13-9-3-1-2-4-11(9)16-12-6-5-8(14)7-10(12)15/h1-7,14-15H,13H2. The van der Waals surface area contributed by atoms with Crippen LogP contribution in [0.2, 0.25) is 0 Å². The van der Waals surface area contributed by atoms with E-state index in [1.807, 2.05) is 18.2 Å². The van der Waals surface area contributed by atoms with Gasteiger partial charge in [0.25, 0.3) is 0 Å². The van der Waals surface area contributed by atoms with E-state index in [9.17, 15) is 5.11 Å². The second-order valence-electron chi connectivity index (χ2n) is 3.29. The van der Waals surface area contributed by atoms with Gasteiger partial charge in [-0.15, -0.1) is 0 Å². The third-order valence-electron chi connectivity index (χ3n) is 2.08. The number of aromatic hydroxyl groups is 2. The molecule has 0 spiro atoms. The molecule has 0 atom stereocenters. The molecule has 0 aliphatic heterocycles. The number of benzene rings is 2. The molecule has 0 aliphatic rings. The molecule has 0 bridgehead atoms. The fourth-order valence-corrected chi connectivity index (χ4v) is 2.15. The number of anilines is 1. The molecule has 0 amide bonds. The first-order valence-corrected chi connectivity index (χ1v) is 5.53. The van der Waals surface area contributed by atoms with E-state index in [0.717, 1.165) is 4.90 Å². The van der Waals surface area contributed by atoms with Crippen LogP contribution in [-0.2, 0) is 0 Å². The largest absolute Gasteiger partial charge is 0.508 e. The molecule has 0 fully saturated rings. The summed E-state index contributed by atoms with van der Waals surface area (Å²) in [4.78, 5) is 1.54. The van der Waals surface area contributed by atoms with Crippen molar-refractivity contribution >= 4 is 17.4 Å². The number of rotatable bonds is 2. The van der Waals surface area contributed by atoms with Gasteiger partial charge in [-0.05, 0) is 24.3 Å². The molecule has 16 heavy (non-hydrogen) atoms. The lowest BCUT2D eigenvalue weighted by Crippen LogP contribution is -1.87. The molecule has 0 aromatic heterocycles. The van der Waals surface area contributed by atoms with Crippen molar-refractivity contribution in [3.05, 3.63) is 42.5 Å². The van der Waals surface area contributed by atoms with Crippen molar-refractivity contribution in [2.24, 2.45) is 0 Å². The van der Waals surface area contributed by atoms with Crippen molar-refractivity contribution < 1.29 is 10.2 Å². The van der Waals surface area contributed by atoms with E-state index in [2.05, 4.69) is 0 Å². The van der Waals surface area contributed by atoms with Crippen LogP contribution in [-0.4, -0.2) is 10.2 Å². The van der Waals surface area contributed by atoms with Crippen molar-refractivity contribution in [2.75, 3.05) is 5.73 Å². The summed E-state index contributed by atoms with van der Waals surface area (Å²) in [5.41, 5.74) is 6.46. The quantitative estimate of drug-likeness (QED) is 0.698. The molecular weight excluding hydrogens is 222 g/mol. The van der Waals surface area contributed by atoms with E-state index in [0.29, 0.717) is 10.6 Å². The molecule has 2 aromatic carbocycles. The summed E-state index contributed by atoms with van der Waals surface area (Å²) in [6, 6.07) is 11.9. The molecular formula is C12H11NO2S. The summed E-state index contributed by atoms with van der Waals surface area (Å²) in [6.07, 6.45) is 0. The van der Waals surface area contributed by atoms with Gasteiger partial charge in [-0.3, -0.25) is 0 Å². The second-order valence-corrected chi connectivity index (χ2v) is 4.38. The summed E-state index contributed by atoms with van der Waals surface area (Å²) in [5.74, 6) is 0.0936. The molecule has 4 N–H and O–H groups in total. The molecule has 0 unspecified atom stereocenters. The maximum atomic E-state index is 9.62. The number of phenolic OH excluding ortho intramolecular Hbond substituents is 2. The minimum Gasteiger partial charge on any atom is -0.508 e. The third-order valence-corrected chi connectivity index (χ3v) is 3.24. The average Bonchev–Trinajstić information content (AvgIpc) is 2.25. The van der Waals surface area contributed by atoms with Crippen LogP contribution >= 0.6 is 11.8 Å². The highest BCUT2D eigenvalue weighted by molar-refractivity contribution is 7.99. The molecule has 4 heteroatoms. The first kappa shape index (κ1) is 10.7. The van der Waals surface area contributed by atoms with Crippen LogP contribution in [0.5, 0.6) is 11.5 Å². The van der Waals surface area contributed by atoms with Crippen molar-refractivity contribution in [1.82, 2.24) is 0 Å². The molecule has 0 aliphatic carbocycles. The Balaban J connectivity index is 2.31. The third kappa shape index (κ3) is 2.23. The Morgan fingerprint density at radius 2 is 1.69 bits per heavy atom. The van der Waals surface area contributed by atoms with Gasteiger partial charge in [0.05, 0.1) is 4.90 Å². The van der Waals surface area contributed by atoms with Crippen molar-refractivity contribution in [2.45, 2.75) is 9.79 Å². The lowest BCUT2D eigenvalue weighted by Gasteiger charge is -2.06. The fourth-order valence-electron chi connectivity index (χ4n) is 1.28. The Labute approximate surface area is 97.5 Å². The van der Waals surface area contributed by atoms with E-state index in [1.54, 1.807) is 12.1 Å². The lowest BCUT2D eigenvalue weighted by molar-refractivity contribution is 0.442. The van der Waals surface area contributed by atoms with Crippen molar-refractivity contribution in [1.29, 1.82) is 0 Å². The van der Waals surface area contributed by atoms with Crippen LogP contribution in [0.4, 0.5) is 5.69 Å². The lowest BCUT2D eigenvalue weighted by atomic mass is 10.3. The molecule has 2 rings (SSSR count). The molecule has 2 aromatic rings. The topological polar surface area (TPSA) is 66.5 Å². The summed E-state index contributed by atoms with van der Waals surface area (Å²) in [6.45, 7) is 0. The van der Waals surface area contributed by atoms with Crippen LogP contribution < -0.4 is 5.73 Å². The van der Waals surface area contributed by atoms with Gasteiger partial charge in [0.2, 0.25) is 0 Å². The minimum absolute atomic E-state index is 0.0443. The van der Waals surface area contributed by atoms with Gasteiger partial charge in [0.1, 0.15) is 11.5 Å². The highest BCUT2D eigenvalue weighted by atomic mass is 32.2. The van der Waals surface area contributed by atoms with E-state index in [1.165, 1.54) is 23.9 Å². The zero-order valence-corrected chi connectivity index (χ0v) is 9.24. The monoisotopic (exact) mass is 233 g/mol. The maximum absolute atomic E-state index is 9.62. The van der Waals surface area contributed by atoms with Crippen LogP contribution in [0.1, 0.15) is 0 Å². The van der Waals surface area contributed by atoms with E-state index in [-0.39, 0.29) is 11.5 Å². The van der Waals surface area contributed by atoms with E-state index in [4.69, 9.17) is 10.8 Å². The predicted octanol–water partition coefficient (Wildman–Crippen LogP) is 2.83. The highest BCUT2D eigenvalue weighted by Gasteiger charge is 2.06. The Morgan fingerprint density at radius 1 is 0.938 bits per heavy atom. The van der Waals surface area contributed by atoms with Gasteiger partial charge >= 0.3 is 0 Å². The molecule has 0 saturated carbocycles. The van der Waals surface area contributed by atoms with Gasteiger partial charge < -0.3 is 15.9 Å². The van der Waals surface area contributed by atoms with Crippen molar-refractivity contribution in [3.8, 4) is 11.5 Å². The number of nitrogens with two attached hydrogens (primary N) is 1. The average molecular weight is 233 g/mol. The number of phenols is 2.